The minimum absolute atomic E-state index is 0.360. The number of fused-ring (bicyclic) bond motifs is 1. The monoisotopic (exact) mass is 273 g/mol. The highest BCUT2D eigenvalue weighted by Gasteiger charge is 2.25. The van der Waals surface area contributed by atoms with Crippen LogP contribution in [0.25, 0.3) is 0 Å². The van der Waals surface area contributed by atoms with Crippen molar-refractivity contribution in [2.75, 3.05) is 13.7 Å². The second kappa shape index (κ2) is 5.13. The molecular weight excluding hydrogens is 257 g/mol. The Balaban J connectivity index is 2.10. The maximum atomic E-state index is 14.1. The average molecular weight is 273 g/mol. The van der Waals surface area contributed by atoms with E-state index >= 15 is 0 Å². The summed E-state index contributed by atoms with van der Waals surface area (Å²) in [6, 6.07) is 9.91. The fraction of sp³-hybridized carbons (Fsp3) is 0.250. The normalized spacial score (nSPS) is 14.6. The summed E-state index contributed by atoms with van der Waals surface area (Å²) >= 11 is 0. The first-order chi connectivity index (χ1) is 9.72. The van der Waals surface area contributed by atoms with E-state index in [1.54, 1.807) is 12.1 Å². The predicted octanol–water partition coefficient (Wildman–Crippen LogP) is 2.82. The van der Waals surface area contributed by atoms with Crippen LogP contribution in [0.5, 0.6) is 11.5 Å². The summed E-state index contributed by atoms with van der Waals surface area (Å²) in [7, 11) is 1.51. The fourth-order valence-corrected chi connectivity index (χ4v) is 2.64. The molecule has 0 saturated heterocycles. The Morgan fingerprint density at radius 3 is 2.85 bits per heavy atom. The summed E-state index contributed by atoms with van der Waals surface area (Å²) < 4.78 is 25.0. The standard InChI is InChI=1S/C16H16FNO2/c1-19-13-7-3-6-12(17)14(13)15(18)11-5-2-4-10-8-9-20-16(10)11/h2-7,15H,8-9,18H2,1H3. The first kappa shape index (κ1) is 12.9. The number of methoxy groups -OCH3 is 1. The molecule has 2 aromatic rings. The van der Waals surface area contributed by atoms with Crippen LogP contribution in [-0.2, 0) is 6.42 Å². The molecule has 3 nitrogen and oxygen atoms in total. The highest BCUT2D eigenvalue weighted by atomic mass is 19.1. The van der Waals surface area contributed by atoms with Gasteiger partial charge in [-0.1, -0.05) is 24.3 Å². The Morgan fingerprint density at radius 1 is 1.25 bits per heavy atom. The molecule has 1 heterocycles. The van der Waals surface area contributed by atoms with Crippen molar-refractivity contribution < 1.29 is 13.9 Å². The minimum Gasteiger partial charge on any atom is -0.496 e. The Morgan fingerprint density at radius 2 is 2.05 bits per heavy atom. The molecule has 1 atom stereocenters. The van der Waals surface area contributed by atoms with E-state index in [0.717, 1.165) is 23.3 Å². The first-order valence-corrected chi connectivity index (χ1v) is 6.55. The largest absolute Gasteiger partial charge is 0.496 e. The van der Waals surface area contributed by atoms with Gasteiger partial charge in [-0.2, -0.15) is 0 Å². The van der Waals surface area contributed by atoms with E-state index < -0.39 is 6.04 Å². The molecule has 1 unspecified atom stereocenters. The van der Waals surface area contributed by atoms with E-state index in [9.17, 15) is 4.39 Å². The molecule has 2 aromatic carbocycles. The van der Waals surface area contributed by atoms with Gasteiger partial charge in [0.25, 0.3) is 0 Å². The highest BCUT2D eigenvalue weighted by molar-refractivity contribution is 5.51. The second-order valence-electron chi connectivity index (χ2n) is 4.77. The van der Waals surface area contributed by atoms with Gasteiger partial charge in [0.2, 0.25) is 0 Å². The van der Waals surface area contributed by atoms with Crippen molar-refractivity contribution in [2.24, 2.45) is 5.73 Å². The number of hydrogen-bond acceptors (Lipinski definition) is 3. The summed E-state index contributed by atoms with van der Waals surface area (Å²) in [5.41, 5.74) is 8.54. The van der Waals surface area contributed by atoms with Crippen molar-refractivity contribution in [3.05, 3.63) is 58.9 Å². The SMILES string of the molecule is COc1cccc(F)c1C(N)c1cccc2c1OCC2. The van der Waals surface area contributed by atoms with Crippen LogP contribution in [0.4, 0.5) is 4.39 Å². The van der Waals surface area contributed by atoms with Gasteiger partial charge in [-0.15, -0.1) is 0 Å². The van der Waals surface area contributed by atoms with Gasteiger partial charge < -0.3 is 15.2 Å². The molecule has 2 N–H and O–H groups in total. The lowest BCUT2D eigenvalue weighted by molar-refractivity contribution is 0.351. The van der Waals surface area contributed by atoms with Crippen LogP contribution in [-0.4, -0.2) is 13.7 Å². The number of nitrogens with two attached hydrogens (primary N) is 1. The van der Waals surface area contributed by atoms with Gasteiger partial charge in [0.1, 0.15) is 17.3 Å². The Kier molecular flexibility index (Phi) is 3.32. The number of para-hydroxylation sites is 1. The van der Waals surface area contributed by atoms with E-state index in [0.29, 0.717) is 17.9 Å². The van der Waals surface area contributed by atoms with E-state index in [1.165, 1.54) is 13.2 Å². The zero-order chi connectivity index (χ0) is 14.1. The van der Waals surface area contributed by atoms with E-state index in [1.807, 2.05) is 18.2 Å². The maximum Gasteiger partial charge on any atom is 0.132 e. The van der Waals surface area contributed by atoms with Crippen LogP contribution < -0.4 is 15.2 Å². The van der Waals surface area contributed by atoms with Crippen LogP contribution in [0.2, 0.25) is 0 Å². The topological polar surface area (TPSA) is 44.5 Å². The molecule has 3 rings (SSSR count). The van der Waals surface area contributed by atoms with Crippen LogP contribution in [0.1, 0.15) is 22.7 Å². The number of hydrogen-bond donors (Lipinski definition) is 1. The van der Waals surface area contributed by atoms with Gasteiger partial charge in [-0.3, -0.25) is 0 Å². The molecule has 0 saturated carbocycles. The van der Waals surface area contributed by atoms with Crippen molar-refractivity contribution in [1.29, 1.82) is 0 Å². The third kappa shape index (κ3) is 2.02. The Labute approximate surface area is 117 Å². The fourth-order valence-electron chi connectivity index (χ4n) is 2.64. The molecule has 20 heavy (non-hydrogen) atoms. The molecule has 1 aliphatic rings. The van der Waals surface area contributed by atoms with Crippen molar-refractivity contribution in [3.8, 4) is 11.5 Å². The van der Waals surface area contributed by atoms with Gasteiger partial charge in [0.15, 0.2) is 0 Å². The van der Waals surface area contributed by atoms with E-state index in [-0.39, 0.29) is 5.82 Å². The molecule has 0 spiro atoms. The van der Waals surface area contributed by atoms with Gasteiger partial charge in [0.05, 0.1) is 25.3 Å². The van der Waals surface area contributed by atoms with Crippen molar-refractivity contribution in [3.63, 3.8) is 0 Å². The summed E-state index contributed by atoms with van der Waals surface area (Å²) in [5.74, 6) is 0.867. The molecule has 0 amide bonds. The molecular formula is C16H16FNO2. The lowest BCUT2D eigenvalue weighted by Crippen LogP contribution is -2.16. The molecule has 0 fully saturated rings. The van der Waals surface area contributed by atoms with E-state index in [2.05, 4.69) is 0 Å². The number of benzene rings is 2. The van der Waals surface area contributed by atoms with E-state index in [4.69, 9.17) is 15.2 Å². The van der Waals surface area contributed by atoms with Crippen molar-refractivity contribution >= 4 is 0 Å². The lowest BCUT2D eigenvalue weighted by atomic mass is 9.95. The molecule has 0 bridgehead atoms. The predicted molar refractivity (Wildman–Crippen MR) is 74.6 cm³/mol. The molecule has 0 radical (unpaired) electrons. The second-order valence-corrected chi connectivity index (χ2v) is 4.77. The Bertz CT molecular complexity index is 642. The molecule has 4 heteroatoms. The quantitative estimate of drug-likeness (QED) is 0.935. The van der Waals surface area contributed by atoms with Crippen LogP contribution >= 0.6 is 0 Å². The van der Waals surface area contributed by atoms with Gasteiger partial charge in [-0.05, 0) is 17.7 Å². The number of ether oxygens (including phenoxy) is 2. The van der Waals surface area contributed by atoms with Gasteiger partial charge in [0, 0.05) is 12.0 Å². The van der Waals surface area contributed by atoms with Crippen LogP contribution in [0, 0.1) is 5.82 Å². The van der Waals surface area contributed by atoms with Crippen molar-refractivity contribution in [2.45, 2.75) is 12.5 Å². The summed E-state index contributed by atoms with van der Waals surface area (Å²) in [6.45, 7) is 0.646. The summed E-state index contributed by atoms with van der Waals surface area (Å²) in [4.78, 5) is 0. The van der Waals surface area contributed by atoms with Crippen LogP contribution in [0.3, 0.4) is 0 Å². The minimum atomic E-state index is -0.612. The number of rotatable bonds is 3. The first-order valence-electron chi connectivity index (χ1n) is 6.55. The average Bonchev–Trinajstić information content (AvgIpc) is 2.94. The van der Waals surface area contributed by atoms with Gasteiger partial charge >= 0.3 is 0 Å². The molecule has 0 aliphatic carbocycles. The maximum absolute atomic E-state index is 14.1. The smallest absolute Gasteiger partial charge is 0.132 e. The zero-order valence-electron chi connectivity index (χ0n) is 11.2. The summed E-state index contributed by atoms with van der Waals surface area (Å²) in [6.07, 6.45) is 0.865. The number of halogens is 1. The third-order valence-corrected chi connectivity index (χ3v) is 3.62. The van der Waals surface area contributed by atoms with Crippen LogP contribution in [0.15, 0.2) is 36.4 Å². The zero-order valence-corrected chi connectivity index (χ0v) is 11.2. The van der Waals surface area contributed by atoms with Gasteiger partial charge in [-0.25, -0.2) is 4.39 Å². The lowest BCUT2D eigenvalue weighted by Gasteiger charge is -2.19. The Hall–Kier alpha value is -2.07. The van der Waals surface area contributed by atoms with Crippen molar-refractivity contribution in [1.82, 2.24) is 0 Å². The molecule has 0 aromatic heterocycles. The summed E-state index contributed by atoms with van der Waals surface area (Å²) in [5, 5.41) is 0. The molecule has 1 aliphatic heterocycles. The molecule has 104 valence electrons. The highest BCUT2D eigenvalue weighted by Crippen LogP contribution is 2.38. The third-order valence-electron chi connectivity index (χ3n) is 3.62.